The van der Waals surface area contributed by atoms with Crippen LogP contribution in [0.3, 0.4) is 0 Å². The van der Waals surface area contributed by atoms with E-state index in [4.69, 9.17) is 0 Å². The van der Waals surface area contributed by atoms with E-state index in [1.807, 2.05) is 36.2 Å². The van der Waals surface area contributed by atoms with Crippen molar-refractivity contribution in [3.05, 3.63) is 52.0 Å². The van der Waals surface area contributed by atoms with Gasteiger partial charge in [0.2, 0.25) is 0 Å². The van der Waals surface area contributed by atoms with Gasteiger partial charge < -0.3 is 15.5 Å². The van der Waals surface area contributed by atoms with Gasteiger partial charge in [0.15, 0.2) is 0 Å². The van der Waals surface area contributed by atoms with Gasteiger partial charge in [-0.15, -0.1) is 0 Å². The first-order valence-electron chi connectivity index (χ1n) is 5.61. The molecule has 1 atom stereocenters. The Morgan fingerprint density at radius 1 is 1.21 bits per heavy atom. The summed E-state index contributed by atoms with van der Waals surface area (Å²) in [5, 5.41) is 11.1. The quantitative estimate of drug-likeness (QED) is 0.515. The summed E-state index contributed by atoms with van der Waals surface area (Å²) >= 11 is 3.33. The summed E-state index contributed by atoms with van der Waals surface area (Å²) in [5.41, 5.74) is 6.67. The van der Waals surface area contributed by atoms with Crippen molar-refractivity contribution < 1.29 is 56.5 Å². The minimum absolute atomic E-state index is 0. The summed E-state index contributed by atoms with van der Waals surface area (Å²) in [6.45, 7) is 2.01. The third kappa shape index (κ3) is 3.39. The fraction of sp³-hybridized carbons (Fsp3) is 0.154. The third-order valence-electron chi connectivity index (χ3n) is 2.86. The molecule has 4 nitrogen and oxygen atoms in total. The zero-order valence-electron chi connectivity index (χ0n) is 10.7. The number of nitrogens with zero attached hydrogens (tertiary/aromatic N) is 3. The maximum atomic E-state index is 9.25. The molecule has 1 aliphatic heterocycles. The molecule has 1 N–H and O–H groups in total. The average Bonchev–Trinajstić information content (AvgIpc) is 3.02. The predicted molar refractivity (Wildman–Crippen MR) is 74.0 cm³/mol. The van der Waals surface area contributed by atoms with Crippen molar-refractivity contribution in [2.24, 2.45) is 0 Å². The standard InChI is InChI=1S/C13H11BrN3O.K/c1-8(9-2-4-10(18)5-3-9)16-17-11-6-7-12(14)15-13(11)17;/h2-8,18H,1H3;/q-1;+1. The summed E-state index contributed by atoms with van der Waals surface area (Å²) in [5.74, 6) is 1.17. The monoisotopic (exact) mass is 343 g/mol. The molecule has 2 heterocycles. The van der Waals surface area contributed by atoms with Gasteiger partial charge in [-0.05, 0) is 40.2 Å². The van der Waals surface area contributed by atoms with Crippen LogP contribution in [0.15, 0.2) is 41.0 Å². The fourth-order valence-corrected chi connectivity index (χ4v) is 2.11. The van der Waals surface area contributed by atoms with E-state index in [0.717, 1.165) is 21.7 Å². The summed E-state index contributed by atoms with van der Waals surface area (Å²) in [6.07, 6.45) is 0. The average molecular weight is 344 g/mol. The van der Waals surface area contributed by atoms with Gasteiger partial charge in [-0.3, -0.25) is 0 Å². The van der Waals surface area contributed by atoms with Crippen molar-refractivity contribution in [3.63, 3.8) is 0 Å². The minimum Gasteiger partial charge on any atom is -0.555 e. The van der Waals surface area contributed by atoms with Crippen molar-refractivity contribution in [1.82, 2.24) is 4.98 Å². The molecule has 3 rings (SSSR count). The molecular weight excluding hydrogens is 333 g/mol. The van der Waals surface area contributed by atoms with E-state index >= 15 is 0 Å². The molecule has 92 valence electrons. The molecule has 1 aromatic carbocycles. The summed E-state index contributed by atoms with van der Waals surface area (Å²) in [7, 11) is 0. The molecule has 6 heteroatoms. The Bertz CT molecular complexity index is 591. The molecule has 0 fully saturated rings. The largest absolute Gasteiger partial charge is 1.00 e. The van der Waals surface area contributed by atoms with Crippen LogP contribution in [-0.4, -0.2) is 10.1 Å². The Balaban J connectivity index is 0.00000133. The first-order valence-corrected chi connectivity index (χ1v) is 6.41. The molecule has 0 saturated heterocycles. The van der Waals surface area contributed by atoms with Crippen LogP contribution in [0.5, 0.6) is 5.75 Å². The topological polar surface area (TPSA) is 50.2 Å². The Hall–Kier alpha value is 0.0464. The van der Waals surface area contributed by atoms with Gasteiger partial charge in [-0.25, -0.2) is 4.98 Å². The molecule has 0 amide bonds. The van der Waals surface area contributed by atoms with E-state index in [-0.39, 0.29) is 63.2 Å². The zero-order chi connectivity index (χ0) is 12.7. The van der Waals surface area contributed by atoms with Crippen LogP contribution in [-0.2, 0) is 0 Å². The molecule has 1 unspecified atom stereocenters. The van der Waals surface area contributed by atoms with Gasteiger partial charge in [0.05, 0.1) is 5.69 Å². The first-order chi connectivity index (χ1) is 8.65. The van der Waals surface area contributed by atoms with E-state index in [1.165, 1.54) is 0 Å². The van der Waals surface area contributed by atoms with E-state index in [1.54, 1.807) is 12.1 Å². The fourth-order valence-electron chi connectivity index (χ4n) is 1.81. The van der Waals surface area contributed by atoms with Crippen LogP contribution in [0.4, 0.5) is 11.5 Å². The van der Waals surface area contributed by atoms with Gasteiger partial charge in [0, 0.05) is 0 Å². The van der Waals surface area contributed by atoms with Crippen LogP contribution in [0.25, 0.3) is 5.43 Å². The molecule has 0 saturated carbocycles. The molecule has 0 spiro atoms. The van der Waals surface area contributed by atoms with Crippen LogP contribution < -0.4 is 56.4 Å². The maximum Gasteiger partial charge on any atom is 1.00 e. The Morgan fingerprint density at radius 3 is 2.53 bits per heavy atom. The number of phenols is 1. The van der Waals surface area contributed by atoms with Crippen LogP contribution in [0, 0.1) is 0 Å². The van der Waals surface area contributed by atoms with Gasteiger partial charge in [0.1, 0.15) is 16.2 Å². The molecule has 2 aromatic rings. The first kappa shape index (κ1) is 15.4. The zero-order valence-corrected chi connectivity index (χ0v) is 15.4. The van der Waals surface area contributed by atoms with Crippen molar-refractivity contribution in [2.75, 3.05) is 5.01 Å². The molecule has 1 aromatic heterocycles. The van der Waals surface area contributed by atoms with Crippen LogP contribution >= 0.6 is 15.9 Å². The Labute approximate surface area is 162 Å². The van der Waals surface area contributed by atoms with Crippen molar-refractivity contribution >= 4 is 27.4 Å². The van der Waals surface area contributed by atoms with E-state index in [0.29, 0.717) is 0 Å². The van der Waals surface area contributed by atoms with Crippen molar-refractivity contribution in [1.29, 1.82) is 0 Å². The smallest absolute Gasteiger partial charge is 0.555 e. The Morgan fingerprint density at radius 2 is 1.89 bits per heavy atom. The molecule has 19 heavy (non-hydrogen) atoms. The minimum atomic E-state index is 0. The van der Waals surface area contributed by atoms with Gasteiger partial charge in [0.25, 0.3) is 0 Å². The maximum absolute atomic E-state index is 9.25. The van der Waals surface area contributed by atoms with Gasteiger partial charge >= 0.3 is 51.4 Å². The molecule has 0 aliphatic carbocycles. The molecule has 1 aliphatic rings. The molecule has 0 radical (unpaired) electrons. The number of aromatic hydroxyl groups is 1. The van der Waals surface area contributed by atoms with Crippen molar-refractivity contribution in [2.45, 2.75) is 13.0 Å². The number of pyridine rings is 1. The number of anilines is 2. The van der Waals surface area contributed by atoms with E-state index in [9.17, 15) is 5.11 Å². The normalized spacial score (nSPS) is 13.5. The number of halogens is 1. The summed E-state index contributed by atoms with van der Waals surface area (Å²) in [4.78, 5) is 4.32. The molecular formula is C13H11BrKN3O. The van der Waals surface area contributed by atoms with E-state index < -0.39 is 0 Å². The second kappa shape index (κ2) is 6.22. The number of hydrogen-bond acceptors (Lipinski definition) is 3. The second-order valence-corrected chi connectivity index (χ2v) is 4.98. The van der Waals surface area contributed by atoms with Crippen molar-refractivity contribution in [3.8, 4) is 5.75 Å². The van der Waals surface area contributed by atoms with E-state index in [2.05, 4.69) is 26.3 Å². The number of fused-ring (bicyclic) bond motifs is 1. The van der Waals surface area contributed by atoms with Crippen LogP contribution in [0.2, 0.25) is 0 Å². The second-order valence-electron chi connectivity index (χ2n) is 4.17. The molecule has 0 bridgehead atoms. The number of phenolic OH excluding ortho intramolecular Hbond substituents is 1. The van der Waals surface area contributed by atoms with Gasteiger partial charge in [-0.1, -0.05) is 30.7 Å². The van der Waals surface area contributed by atoms with Crippen LogP contribution in [0.1, 0.15) is 18.5 Å². The summed E-state index contributed by atoms with van der Waals surface area (Å²) < 4.78 is 0.816. The number of aromatic nitrogens is 1. The Kier molecular flexibility index (Phi) is 5.05. The summed E-state index contributed by atoms with van der Waals surface area (Å²) in [6, 6.07) is 11.0. The number of hydrogen-bond donors (Lipinski definition) is 1. The predicted octanol–water partition coefficient (Wildman–Crippen LogP) is 1.06. The number of benzene rings is 1. The SMILES string of the molecule is CC([N-]N1c2ccc(Br)nc21)c1ccc(O)cc1.[K+]. The third-order valence-corrected chi connectivity index (χ3v) is 3.31. The van der Waals surface area contributed by atoms with Gasteiger partial charge in [-0.2, -0.15) is 0 Å². The number of rotatable bonds is 3.